The van der Waals surface area contributed by atoms with Crippen molar-refractivity contribution in [2.75, 3.05) is 0 Å². The average Bonchev–Trinajstić information content (AvgIpc) is 3.26. The summed E-state index contributed by atoms with van der Waals surface area (Å²) in [6.07, 6.45) is 0. The number of carbonyl (C=O) groups is 2. The fourth-order valence-electron chi connectivity index (χ4n) is 3.32. The van der Waals surface area contributed by atoms with E-state index in [2.05, 4.69) is 10.3 Å². The molecule has 0 spiro atoms. The number of thiazole rings is 1. The van der Waals surface area contributed by atoms with Crippen LogP contribution in [0.1, 0.15) is 28.8 Å². The van der Waals surface area contributed by atoms with E-state index >= 15 is 0 Å². The molecule has 6 nitrogen and oxygen atoms in total. The number of carbonyl (C=O) groups excluding carboxylic acids is 2. The lowest BCUT2D eigenvalue weighted by Gasteiger charge is -2.22. The van der Waals surface area contributed by atoms with Gasteiger partial charge in [-0.15, -0.1) is 11.3 Å². The second-order valence-corrected chi connectivity index (χ2v) is 8.20. The third-order valence-electron chi connectivity index (χ3n) is 4.99. The molecular formula is C22H20FN3O3S. The maximum Gasteiger partial charge on any atom is 0.325 e. The molecule has 2 aromatic carbocycles. The number of nitrogens with one attached hydrogen (secondary N) is 1. The van der Waals surface area contributed by atoms with Crippen molar-refractivity contribution in [1.29, 1.82) is 0 Å². The normalized spacial score (nSPS) is 18.6. The highest BCUT2D eigenvalue weighted by Gasteiger charge is 2.50. The molecule has 0 saturated carbocycles. The molecule has 3 amide bonds. The maximum atomic E-state index is 14.2. The lowest BCUT2D eigenvalue weighted by atomic mass is 9.91. The van der Waals surface area contributed by atoms with Crippen LogP contribution in [0.25, 0.3) is 0 Å². The predicted molar refractivity (Wildman–Crippen MR) is 110 cm³/mol. The molecule has 0 aliphatic carbocycles. The van der Waals surface area contributed by atoms with Gasteiger partial charge in [0, 0.05) is 10.9 Å². The van der Waals surface area contributed by atoms with Gasteiger partial charge in [-0.25, -0.2) is 14.2 Å². The van der Waals surface area contributed by atoms with Gasteiger partial charge in [0.2, 0.25) is 0 Å². The Morgan fingerprint density at radius 2 is 1.90 bits per heavy atom. The van der Waals surface area contributed by atoms with Gasteiger partial charge >= 0.3 is 6.03 Å². The zero-order valence-electron chi connectivity index (χ0n) is 16.5. The number of nitrogens with zero attached hydrogens (tertiary/aromatic N) is 2. The first kappa shape index (κ1) is 20.0. The van der Waals surface area contributed by atoms with Crippen LogP contribution in [-0.2, 0) is 23.5 Å². The lowest BCUT2D eigenvalue weighted by molar-refractivity contribution is -0.131. The topological polar surface area (TPSA) is 71.5 Å². The minimum absolute atomic E-state index is 0.00966. The monoisotopic (exact) mass is 425 g/mol. The number of hydrogen-bond acceptors (Lipinski definition) is 5. The number of rotatable bonds is 6. The molecule has 1 unspecified atom stereocenters. The van der Waals surface area contributed by atoms with Crippen LogP contribution in [-0.4, -0.2) is 21.8 Å². The molecule has 1 aliphatic heterocycles. The molecule has 0 radical (unpaired) electrons. The van der Waals surface area contributed by atoms with Gasteiger partial charge in [-0.1, -0.05) is 35.9 Å². The molecular weight excluding hydrogens is 405 g/mol. The number of urea groups is 1. The van der Waals surface area contributed by atoms with E-state index in [1.807, 2.05) is 31.2 Å². The Bertz CT molecular complexity index is 1100. The molecule has 0 bridgehead atoms. The number of hydrogen-bond donors (Lipinski definition) is 1. The molecule has 1 aliphatic rings. The molecule has 1 saturated heterocycles. The minimum atomic E-state index is -1.45. The van der Waals surface area contributed by atoms with Gasteiger partial charge in [0.25, 0.3) is 5.91 Å². The number of imide groups is 1. The molecule has 30 heavy (non-hydrogen) atoms. The first-order chi connectivity index (χ1) is 14.4. The highest BCUT2D eigenvalue weighted by atomic mass is 32.1. The summed E-state index contributed by atoms with van der Waals surface area (Å²) >= 11 is 1.39. The lowest BCUT2D eigenvalue weighted by Crippen LogP contribution is -2.41. The molecule has 4 rings (SSSR count). The van der Waals surface area contributed by atoms with E-state index in [1.54, 1.807) is 11.4 Å². The van der Waals surface area contributed by atoms with E-state index in [-0.39, 0.29) is 12.1 Å². The van der Waals surface area contributed by atoms with Crippen molar-refractivity contribution >= 4 is 23.3 Å². The molecule has 3 aromatic rings. The number of benzene rings is 2. The van der Waals surface area contributed by atoms with Crippen LogP contribution in [0.4, 0.5) is 9.18 Å². The highest BCUT2D eigenvalue weighted by molar-refractivity contribution is 7.09. The summed E-state index contributed by atoms with van der Waals surface area (Å²) in [5.41, 5.74) is 0.408. The molecule has 154 valence electrons. The van der Waals surface area contributed by atoms with E-state index in [1.165, 1.54) is 36.5 Å². The molecule has 1 N–H and O–H groups in total. The minimum Gasteiger partial charge on any atom is -0.486 e. The van der Waals surface area contributed by atoms with Crippen LogP contribution in [0.5, 0.6) is 5.75 Å². The number of aryl methyl sites for hydroxylation is 1. The quantitative estimate of drug-likeness (QED) is 0.603. The standard InChI is InChI=1S/C22H20FN3O3S/c1-14-7-9-16(10-8-14)29-12-19-24-15(13-30-19)11-26-20(27)22(2,25-21(26)28)17-5-3-4-6-18(17)23/h3-10,13H,11-12H2,1-2H3,(H,25,28). The van der Waals surface area contributed by atoms with Crippen molar-refractivity contribution in [3.63, 3.8) is 0 Å². The van der Waals surface area contributed by atoms with Crippen molar-refractivity contribution in [2.24, 2.45) is 0 Å². The molecule has 8 heteroatoms. The Hall–Kier alpha value is -3.26. The number of aromatic nitrogens is 1. The smallest absolute Gasteiger partial charge is 0.325 e. The molecule has 1 aromatic heterocycles. The highest BCUT2D eigenvalue weighted by Crippen LogP contribution is 2.31. The van der Waals surface area contributed by atoms with Gasteiger partial charge in [0.15, 0.2) is 0 Å². The van der Waals surface area contributed by atoms with Crippen molar-refractivity contribution < 1.29 is 18.7 Å². The summed E-state index contributed by atoms with van der Waals surface area (Å²) in [7, 11) is 0. The van der Waals surface area contributed by atoms with Crippen LogP contribution in [0.15, 0.2) is 53.9 Å². The second-order valence-electron chi connectivity index (χ2n) is 7.26. The summed E-state index contributed by atoms with van der Waals surface area (Å²) < 4.78 is 20.0. The van der Waals surface area contributed by atoms with Crippen LogP contribution in [0.3, 0.4) is 0 Å². The summed E-state index contributed by atoms with van der Waals surface area (Å²) in [5.74, 6) is -0.310. The zero-order chi connectivity index (χ0) is 21.3. The molecule has 1 fully saturated rings. The Morgan fingerprint density at radius 3 is 2.63 bits per heavy atom. The average molecular weight is 425 g/mol. The predicted octanol–water partition coefficient (Wildman–Crippen LogP) is 4.14. The zero-order valence-corrected chi connectivity index (χ0v) is 17.3. The van der Waals surface area contributed by atoms with Gasteiger partial charge in [0.05, 0.1) is 12.2 Å². The largest absolute Gasteiger partial charge is 0.486 e. The fourth-order valence-corrected chi connectivity index (χ4v) is 4.02. The van der Waals surface area contributed by atoms with Gasteiger partial charge in [-0.2, -0.15) is 0 Å². The Morgan fingerprint density at radius 1 is 1.17 bits per heavy atom. The Kier molecular flexibility index (Phi) is 5.26. The van der Waals surface area contributed by atoms with Crippen LogP contribution < -0.4 is 10.1 Å². The van der Waals surface area contributed by atoms with E-state index in [0.717, 1.165) is 21.2 Å². The van der Waals surface area contributed by atoms with Crippen LogP contribution >= 0.6 is 11.3 Å². The van der Waals surface area contributed by atoms with Crippen molar-refractivity contribution in [3.05, 3.63) is 81.6 Å². The van der Waals surface area contributed by atoms with Gasteiger partial charge in [-0.05, 0) is 32.0 Å². The van der Waals surface area contributed by atoms with Crippen molar-refractivity contribution in [1.82, 2.24) is 15.2 Å². The van der Waals surface area contributed by atoms with Crippen LogP contribution in [0, 0.1) is 12.7 Å². The van der Waals surface area contributed by atoms with Crippen molar-refractivity contribution in [2.45, 2.75) is 32.5 Å². The number of amides is 3. The summed E-state index contributed by atoms with van der Waals surface area (Å²) in [5, 5.41) is 5.13. The number of halogens is 1. The Balaban J connectivity index is 1.44. The first-order valence-electron chi connectivity index (χ1n) is 9.39. The fraction of sp³-hybridized carbons (Fsp3) is 0.227. The SMILES string of the molecule is Cc1ccc(OCc2nc(CN3C(=O)NC(C)(c4ccccc4F)C3=O)cs2)cc1. The van der Waals surface area contributed by atoms with Crippen LogP contribution in [0.2, 0.25) is 0 Å². The van der Waals surface area contributed by atoms with Gasteiger partial charge in [-0.3, -0.25) is 9.69 Å². The summed E-state index contributed by atoms with van der Waals surface area (Å²) in [6, 6.07) is 13.1. The molecule has 2 heterocycles. The number of ether oxygens (including phenoxy) is 1. The summed E-state index contributed by atoms with van der Waals surface area (Å²) in [6.45, 7) is 3.81. The Labute approximate surface area is 177 Å². The third-order valence-corrected chi connectivity index (χ3v) is 5.86. The maximum absolute atomic E-state index is 14.2. The van der Waals surface area contributed by atoms with Gasteiger partial charge < -0.3 is 10.1 Å². The van der Waals surface area contributed by atoms with Gasteiger partial charge in [0.1, 0.15) is 28.7 Å². The third kappa shape index (κ3) is 3.78. The van der Waals surface area contributed by atoms with E-state index < -0.39 is 23.3 Å². The molecule has 1 atom stereocenters. The second kappa shape index (κ2) is 7.87. The summed E-state index contributed by atoms with van der Waals surface area (Å²) in [4.78, 5) is 30.9. The van der Waals surface area contributed by atoms with E-state index in [4.69, 9.17) is 4.74 Å². The van der Waals surface area contributed by atoms with Crippen molar-refractivity contribution in [3.8, 4) is 5.75 Å². The van der Waals surface area contributed by atoms with E-state index in [9.17, 15) is 14.0 Å². The van der Waals surface area contributed by atoms with E-state index in [0.29, 0.717) is 12.3 Å². The first-order valence-corrected chi connectivity index (χ1v) is 10.3.